The second kappa shape index (κ2) is 4.75. The van der Waals surface area contributed by atoms with E-state index in [4.69, 9.17) is 5.73 Å². The smallest absolute Gasteiger partial charge is 0.226 e. The normalized spacial score (nSPS) is 15.2. The number of carbonyl (C=O) groups excluding carboxylic acids is 1. The summed E-state index contributed by atoms with van der Waals surface area (Å²) in [5.41, 5.74) is 10.0. The van der Waals surface area contributed by atoms with Crippen LogP contribution in [0.5, 0.6) is 0 Å². The first-order chi connectivity index (χ1) is 8.11. The van der Waals surface area contributed by atoms with Crippen LogP contribution in [0.4, 0.5) is 11.4 Å². The molecule has 0 spiro atoms. The van der Waals surface area contributed by atoms with Gasteiger partial charge in [-0.15, -0.1) is 0 Å². The van der Waals surface area contributed by atoms with Gasteiger partial charge in [0.15, 0.2) is 0 Å². The van der Waals surface area contributed by atoms with Crippen molar-refractivity contribution in [3.05, 3.63) is 23.3 Å². The number of amides is 1. The number of hydrogen-bond donors (Lipinski definition) is 2. The standard InChI is InChI=1S/C13H19N3O/c1-9-7-11-12(8-10(9)2)16(6-4-14)5-3-13(17)15-11/h7-8H,3-6,14H2,1-2H3,(H,15,17). The molecule has 1 aliphatic heterocycles. The first kappa shape index (κ1) is 11.9. The number of nitrogens with zero attached hydrogens (tertiary/aromatic N) is 1. The average Bonchev–Trinajstić information content (AvgIpc) is 2.42. The quantitative estimate of drug-likeness (QED) is 0.812. The number of benzene rings is 1. The zero-order valence-corrected chi connectivity index (χ0v) is 10.4. The maximum atomic E-state index is 11.6. The van der Waals surface area contributed by atoms with Crippen molar-refractivity contribution in [1.29, 1.82) is 0 Å². The molecule has 0 radical (unpaired) electrons. The average molecular weight is 233 g/mol. The zero-order chi connectivity index (χ0) is 12.4. The fourth-order valence-electron chi connectivity index (χ4n) is 2.12. The Morgan fingerprint density at radius 1 is 1.35 bits per heavy atom. The van der Waals surface area contributed by atoms with Crippen molar-refractivity contribution in [2.75, 3.05) is 29.9 Å². The lowest BCUT2D eigenvalue weighted by molar-refractivity contribution is -0.115. The number of anilines is 2. The van der Waals surface area contributed by atoms with Crippen molar-refractivity contribution >= 4 is 17.3 Å². The number of nitrogens with one attached hydrogen (secondary N) is 1. The van der Waals surface area contributed by atoms with Crippen molar-refractivity contribution in [3.8, 4) is 0 Å². The van der Waals surface area contributed by atoms with Crippen molar-refractivity contribution in [1.82, 2.24) is 0 Å². The van der Waals surface area contributed by atoms with Gasteiger partial charge in [-0.25, -0.2) is 0 Å². The van der Waals surface area contributed by atoms with Crippen LogP contribution in [0.25, 0.3) is 0 Å². The highest BCUT2D eigenvalue weighted by Gasteiger charge is 2.19. The van der Waals surface area contributed by atoms with Gasteiger partial charge >= 0.3 is 0 Å². The molecule has 3 N–H and O–H groups in total. The minimum atomic E-state index is 0.0778. The molecule has 0 saturated carbocycles. The summed E-state index contributed by atoms with van der Waals surface area (Å²) in [7, 11) is 0. The van der Waals surface area contributed by atoms with Crippen LogP contribution >= 0.6 is 0 Å². The van der Waals surface area contributed by atoms with E-state index in [1.54, 1.807) is 0 Å². The Bertz CT molecular complexity index is 443. The molecule has 4 nitrogen and oxygen atoms in total. The van der Waals surface area contributed by atoms with Gasteiger partial charge in [-0.05, 0) is 37.1 Å². The Hall–Kier alpha value is -1.55. The predicted octanol–water partition coefficient (Wildman–Crippen LogP) is 1.41. The van der Waals surface area contributed by atoms with Crippen LogP contribution in [0.1, 0.15) is 17.5 Å². The molecule has 1 aromatic carbocycles. The van der Waals surface area contributed by atoms with Crippen LogP contribution in [0, 0.1) is 13.8 Å². The third kappa shape index (κ3) is 2.42. The molecule has 0 aromatic heterocycles. The summed E-state index contributed by atoms with van der Waals surface area (Å²) in [5.74, 6) is 0.0778. The van der Waals surface area contributed by atoms with Gasteiger partial charge in [0.2, 0.25) is 5.91 Å². The summed E-state index contributed by atoms with van der Waals surface area (Å²) >= 11 is 0. The molecular formula is C13H19N3O. The minimum Gasteiger partial charge on any atom is -0.368 e. The van der Waals surface area contributed by atoms with Gasteiger partial charge in [-0.2, -0.15) is 0 Å². The fraction of sp³-hybridized carbons (Fsp3) is 0.462. The van der Waals surface area contributed by atoms with Crippen LogP contribution in [0.15, 0.2) is 12.1 Å². The number of fused-ring (bicyclic) bond motifs is 1. The second-order valence-corrected chi connectivity index (χ2v) is 4.53. The maximum Gasteiger partial charge on any atom is 0.226 e. The van der Waals surface area contributed by atoms with Gasteiger partial charge in [0.05, 0.1) is 11.4 Å². The number of hydrogen-bond acceptors (Lipinski definition) is 3. The van der Waals surface area contributed by atoms with E-state index in [0.29, 0.717) is 13.0 Å². The van der Waals surface area contributed by atoms with E-state index in [2.05, 4.69) is 30.1 Å². The van der Waals surface area contributed by atoms with E-state index in [9.17, 15) is 4.79 Å². The molecule has 0 saturated heterocycles. The highest BCUT2D eigenvalue weighted by Crippen LogP contribution is 2.31. The summed E-state index contributed by atoms with van der Waals surface area (Å²) in [4.78, 5) is 13.8. The summed E-state index contributed by atoms with van der Waals surface area (Å²) < 4.78 is 0. The van der Waals surface area contributed by atoms with Crippen molar-refractivity contribution in [3.63, 3.8) is 0 Å². The van der Waals surface area contributed by atoms with Crippen molar-refractivity contribution in [2.24, 2.45) is 5.73 Å². The lowest BCUT2D eigenvalue weighted by Crippen LogP contribution is -2.30. The molecule has 1 aliphatic rings. The van der Waals surface area contributed by atoms with Crippen LogP contribution in [-0.2, 0) is 4.79 Å². The molecule has 4 heteroatoms. The molecule has 92 valence electrons. The van der Waals surface area contributed by atoms with E-state index in [1.807, 2.05) is 6.07 Å². The van der Waals surface area contributed by atoms with Gasteiger partial charge in [-0.1, -0.05) is 0 Å². The van der Waals surface area contributed by atoms with Gasteiger partial charge < -0.3 is 16.0 Å². The molecule has 0 unspecified atom stereocenters. The molecule has 17 heavy (non-hydrogen) atoms. The zero-order valence-electron chi connectivity index (χ0n) is 10.4. The maximum absolute atomic E-state index is 11.6. The first-order valence-electron chi connectivity index (χ1n) is 5.98. The van der Waals surface area contributed by atoms with Crippen molar-refractivity contribution < 1.29 is 4.79 Å². The Morgan fingerprint density at radius 2 is 2.06 bits per heavy atom. The fourth-order valence-corrected chi connectivity index (χ4v) is 2.12. The Balaban J connectivity index is 2.45. The molecule has 0 fully saturated rings. The van der Waals surface area contributed by atoms with Gasteiger partial charge in [0, 0.05) is 26.1 Å². The number of carbonyl (C=O) groups is 1. The van der Waals surface area contributed by atoms with E-state index in [0.717, 1.165) is 24.5 Å². The lowest BCUT2D eigenvalue weighted by Gasteiger charge is -2.24. The number of rotatable bonds is 2. The Morgan fingerprint density at radius 3 is 2.76 bits per heavy atom. The topological polar surface area (TPSA) is 58.4 Å². The number of aryl methyl sites for hydroxylation is 2. The first-order valence-corrected chi connectivity index (χ1v) is 5.98. The largest absolute Gasteiger partial charge is 0.368 e. The third-order valence-corrected chi connectivity index (χ3v) is 3.23. The van der Waals surface area contributed by atoms with Crippen LogP contribution in [0.2, 0.25) is 0 Å². The lowest BCUT2D eigenvalue weighted by atomic mass is 10.1. The summed E-state index contributed by atoms with van der Waals surface area (Å²) in [6, 6.07) is 4.17. The van der Waals surface area contributed by atoms with E-state index < -0.39 is 0 Å². The second-order valence-electron chi connectivity index (χ2n) is 4.53. The molecule has 0 bridgehead atoms. The molecule has 0 atom stereocenters. The summed E-state index contributed by atoms with van der Waals surface area (Å²) in [6.45, 7) is 6.26. The monoisotopic (exact) mass is 233 g/mol. The van der Waals surface area contributed by atoms with E-state index in [1.165, 1.54) is 11.1 Å². The highest BCUT2D eigenvalue weighted by molar-refractivity contribution is 5.96. The summed E-state index contributed by atoms with van der Waals surface area (Å²) in [6.07, 6.45) is 0.521. The van der Waals surface area contributed by atoms with Gasteiger partial charge in [-0.3, -0.25) is 4.79 Å². The predicted molar refractivity (Wildman–Crippen MR) is 70.4 cm³/mol. The van der Waals surface area contributed by atoms with Gasteiger partial charge in [0.1, 0.15) is 0 Å². The SMILES string of the molecule is Cc1cc2c(cc1C)N(CCN)CCC(=O)N2. The number of nitrogens with two attached hydrogens (primary N) is 1. The minimum absolute atomic E-state index is 0.0778. The molecule has 0 aliphatic carbocycles. The Kier molecular flexibility index (Phi) is 3.33. The molecular weight excluding hydrogens is 214 g/mol. The molecule has 1 amide bonds. The van der Waals surface area contributed by atoms with Gasteiger partial charge in [0.25, 0.3) is 0 Å². The third-order valence-electron chi connectivity index (χ3n) is 3.23. The van der Waals surface area contributed by atoms with Crippen LogP contribution < -0.4 is 16.0 Å². The van der Waals surface area contributed by atoms with Crippen molar-refractivity contribution in [2.45, 2.75) is 20.3 Å². The molecule has 1 aromatic rings. The van der Waals surface area contributed by atoms with Crippen LogP contribution in [-0.4, -0.2) is 25.5 Å². The van der Waals surface area contributed by atoms with E-state index >= 15 is 0 Å². The molecule has 2 rings (SSSR count). The molecule has 1 heterocycles. The Labute approximate surface area is 102 Å². The highest BCUT2D eigenvalue weighted by atomic mass is 16.1. The summed E-state index contributed by atoms with van der Waals surface area (Å²) in [5, 5.41) is 2.96. The van der Waals surface area contributed by atoms with E-state index in [-0.39, 0.29) is 5.91 Å². The van der Waals surface area contributed by atoms with Crippen LogP contribution in [0.3, 0.4) is 0 Å².